The Balaban J connectivity index is 0. The summed E-state index contributed by atoms with van der Waals surface area (Å²) >= 11 is 0. The minimum absolute atomic E-state index is 0. The predicted octanol–water partition coefficient (Wildman–Crippen LogP) is 7.04. The van der Waals surface area contributed by atoms with Crippen molar-refractivity contribution in [1.82, 2.24) is 0 Å². The van der Waals surface area contributed by atoms with Crippen molar-refractivity contribution < 1.29 is 46.7 Å². The first-order chi connectivity index (χ1) is 17.0. The van der Waals surface area contributed by atoms with Gasteiger partial charge in [-0.1, -0.05) is 161 Å². The smallest absolute Gasteiger partial charge is 0.726 e. The SMILES string of the molecule is CCCCCC/C=C/C(CCCCCCCCCCCCCCCCCCCC)COS(=O)(=O)[O-].[Na+]. The van der Waals surface area contributed by atoms with Gasteiger partial charge in [0.1, 0.15) is 0 Å². The fourth-order valence-corrected chi connectivity index (χ4v) is 5.03. The average molecular weight is 539 g/mol. The number of unbranched alkanes of at least 4 members (excludes halogenated alkanes) is 21. The van der Waals surface area contributed by atoms with Gasteiger partial charge in [-0.05, 0) is 19.3 Å². The molecule has 0 aromatic heterocycles. The van der Waals surface area contributed by atoms with Crippen LogP contribution in [-0.2, 0) is 14.6 Å². The average Bonchev–Trinajstić information content (AvgIpc) is 2.82. The standard InChI is InChI=1S/C30H60O4S.Na/c1-3-5-7-9-11-12-13-14-15-16-17-18-19-20-21-22-24-26-28-30(29-34-35(31,32)33)27-25-23-10-8-6-4-2;/h25,27,30H,3-24,26,28-29H2,1-2H3,(H,31,32,33);/q;+1/p-1/b27-25+;. The number of allylic oxidation sites excluding steroid dienone is 1. The van der Waals surface area contributed by atoms with Gasteiger partial charge in [-0.15, -0.1) is 0 Å². The summed E-state index contributed by atoms with van der Waals surface area (Å²) in [5, 5.41) is 0. The van der Waals surface area contributed by atoms with E-state index >= 15 is 0 Å². The summed E-state index contributed by atoms with van der Waals surface area (Å²) in [6.45, 7) is 4.46. The first kappa shape index (κ1) is 38.8. The predicted molar refractivity (Wildman–Crippen MR) is 150 cm³/mol. The maximum absolute atomic E-state index is 10.8. The van der Waals surface area contributed by atoms with Crippen molar-refractivity contribution in [3.8, 4) is 0 Å². The van der Waals surface area contributed by atoms with Crippen molar-refractivity contribution >= 4 is 10.4 Å². The van der Waals surface area contributed by atoms with Crippen LogP contribution in [0.5, 0.6) is 0 Å². The van der Waals surface area contributed by atoms with Crippen molar-refractivity contribution in [1.29, 1.82) is 0 Å². The molecule has 0 heterocycles. The van der Waals surface area contributed by atoms with Gasteiger partial charge in [0.15, 0.2) is 0 Å². The van der Waals surface area contributed by atoms with Gasteiger partial charge >= 0.3 is 29.6 Å². The van der Waals surface area contributed by atoms with Gasteiger partial charge in [0.05, 0.1) is 6.61 Å². The fourth-order valence-electron chi connectivity index (χ4n) is 4.69. The Hall–Kier alpha value is 0.610. The topological polar surface area (TPSA) is 66.4 Å². The van der Waals surface area contributed by atoms with E-state index in [4.69, 9.17) is 0 Å². The maximum atomic E-state index is 10.8. The Morgan fingerprint density at radius 1 is 0.611 bits per heavy atom. The molecule has 0 aromatic carbocycles. The molecule has 0 aliphatic heterocycles. The molecule has 4 nitrogen and oxygen atoms in total. The molecule has 0 aliphatic carbocycles. The molecule has 0 N–H and O–H groups in total. The second-order valence-electron chi connectivity index (χ2n) is 10.5. The van der Waals surface area contributed by atoms with E-state index in [1.807, 2.05) is 0 Å². The van der Waals surface area contributed by atoms with Crippen molar-refractivity contribution in [2.24, 2.45) is 5.92 Å². The first-order valence-corrected chi connectivity index (χ1v) is 16.6. The zero-order valence-electron chi connectivity index (χ0n) is 24.5. The van der Waals surface area contributed by atoms with Crippen LogP contribution < -0.4 is 29.6 Å². The quantitative estimate of drug-likeness (QED) is 0.0352. The van der Waals surface area contributed by atoms with E-state index in [1.54, 1.807) is 0 Å². The molecule has 0 aromatic rings. The van der Waals surface area contributed by atoms with Crippen LogP contribution in [0.25, 0.3) is 0 Å². The van der Waals surface area contributed by atoms with E-state index in [9.17, 15) is 13.0 Å². The zero-order chi connectivity index (χ0) is 25.9. The van der Waals surface area contributed by atoms with Crippen LogP contribution in [0.2, 0.25) is 0 Å². The molecule has 1 unspecified atom stereocenters. The van der Waals surface area contributed by atoms with E-state index < -0.39 is 10.4 Å². The molecule has 0 saturated carbocycles. The van der Waals surface area contributed by atoms with Crippen molar-refractivity contribution in [3.63, 3.8) is 0 Å². The van der Waals surface area contributed by atoms with E-state index in [0.29, 0.717) is 0 Å². The third-order valence-corrected chi connectivity index (χ3v) is 7.41. The number of hydrogen-bond donors (Lipinski definition) is 0. The number of hydrogen-bond acceptors (Lipinski definition) is 4. The third-order valence-electron chi connectivity index (χ3n) is 6.99. The van der Waals surface area contributed by atoms with Gasteiger partial charge in [0, 0.05) is 5.92 Å². The van der Waals surface area contributed by atoms with E-state index in [-0.39, 0.29) is 42.1 Å². The van der Waals surface area contributed by atoms with Crippen LogP contribution in [0, 0.1) is 5.92 Å². The van der Waals surface area contributed by atoms with Crippen LogP contribution in [0.4, 0.5) is 0 Å². The second kappa shape index (κ2) is 30.2. The molecule has 0 aliphatic rings. The minimum atomic E-state index is -4.61. The Bertz CT molecular complexity index is 551. The maximum Gasteiger partial charge on any atom is 1.00 e. The largest absolute Gasteiger partial charge is 1.00 e. The summed E-state index contributed by atoms with van der Waals surface area (Å²) in [6.07, 6.45) is 35.4. The summed E-state index contributed by atoms with van der Waals surface area (Å²) in [7, 11) is -4.61. The van der Waals surface area contributed by atoms with Crippen LogP contribution in [0.15, 0.2) is 12.2 Å². The molecule has 36 heavy (non-hydrogen) atoms. The van der Waals surface area contributed by atoms with Crippen LogP contribution in [0.3, 0.4) is 0 Å². The van der Waals surface area contributed by atoms with Crippen LogP contribution in [-0.4, -0.2) is 19.6 Å². The Morgan fingerprint density at radius 2 is 0.972 bits per heavy atom. The molecule has 0 bridgehead atoms. The summed E-state index contributed by atoms with van der Waals surface area (Å²) in [5.41, 5.74) is 0. The van der Waals surface area contributed by atoms with E-state index in [2.05, 4.69) is 30.2 Å². The molecule has 1 atom stereocenters. The van der Waals surface area contributed by atoms with Gasteiger partial charge in [0.2, 0.25) is 10.4 Å². The van der Waals surface area contributed by atoms with E-state index in [1.165, 1.54) is 128 Å². The molecule has 6 heteroatoms. The second-order valence-corrected chi connectivity index (χ2v) is 11.6. The summed E-state index contributed by atoms with van der Waals surface area (Å²) < 4.78 is 37.0. The van der Waals surface area contributed by atoms with Crippen LogP contribution >= 0.6 is 0 Å². The van der Waals surface area contributed by atoms with E-state index in [0.717, 1.165) is 25.7 Å². The summed E-state index contributed by atoms with van der Waals surface area (Å²) in [4.78, 5) is 0. The zero-order valence-corrected chi connectivity index (χ0v) is 27.3. The molecule has 0 amide bonds. The molecular weight excluding hydrogens is 479 g/mol. The van der Waals surface area contributed by atoms with Crippen molar-refractivity contribution in [3.05, 3.63) is 12.2 Å². The Morgan fingerprint density at radius 3 is 1.36 bits per heavy atom. The molecule has 0 saturated heterocycles. The summed E-state index contributed by atoms with van der Waals surface area (Å²) in [6, 6.07) is 0. The molecule has 0 rings (SSSR count). The minimum Gasteiger partial charge on any atom is -0.726 e. The van der Waals surface area contributed by atoms with Gasteiger partial charge in [-0.3, -0.25) is 4.18 Å². The Labute approximate surface area is 248 Å². The van der Waals surface area contributed by atoms with Crippen molar-refractivity contribution in [2.45, 2.75) is 168 Å². The van der Waals surface area contributed by atoms with Crippen molar-refractivity contribution in [2.75, 3.05) is 6.61 Å². The molecular formula is C30H59NaO4S. The van der Waals surface area contributed by atoms with Gasteiger partial charge in [-0.25, -0.2) is 8.42 Å². The monoisotopic (exact) mass is 538 g/mol. The molecule has 0 radical (unpaired) electrons. The summed E-state index contributed by atoms with van der Waals surface area (Å²) in [5.74, 6) is 0.0194. The van der Waals surface area contributed by atoms with Gasteiger partial charge < -0.3 is 4.55 Å². The van der Waals surface area contributed by atoms with Gasteiger partial charge in [-0.2, -0.15) is 0 Å². The number of rotatable bonds is 28. The van der Waals surface area contributed by atoms with Crippen LogP contribution in [0.1, 0.15) is 168 Å². The normalized spacial score (nSPS) is 12.8. The molecule has 0 spiro atoms. The van der Waals surface area contributed by atoms with Gasteiger partial charge in [0.25, 0.3) is 0 Å². The molecule has 0 fully saturated rings. The Kier molecular flexibility index (Phi) is 32.5. The third kappa shape index (κ3) is 32.6. The molecule has 210 valence electrons. The first-order valence-electron chi connectivity index (χ1n) is 15.3. The fraction of sp³-hybridized carbons (Fsp3) is 0.933.